The monoisotopic (exact) mass is 261 g/mol. The first-order valence-electron chi connectivity index (χ1n) is 6.34. The first kappa shape index (κ1) is 13.5. The van der Waals surface area contributed by atoms with Crippen LogP contribution in [0.5, 0.6) is 5.88 Å². The number of aromatic nitrogens is 4. The van der Waals surface area contributed by atoms with Crippen molar-refractivity contribution >= 4 is 0 Å². The van der Waals surface area contributed by atoms with Crippen LogP contribution in [0, 0.1) is 0 Å². The molecule has 2 rings (SSSR count). The van der Waals surface area contributed by atoms with Crippen molar-refractivity contribution in [1.29, 1.82) is 0 Å². The lowest BCUT2D eigenvalue weighted by Gasteiger charge is -2.16. The van der Waals surface area contributed by atoms with Gasteiger partial charge in [0.1, 0.15) is 0 Å². The molecule has 2 aromatic rings. The molecule has 0 aliphatic heterocycles. The Kier molecular flexibility index (Phi) is 4.46. The Morgan fingerprint density at radius 1 is 1.37 bits per heavy atom. The van der Waals surface area contributed by atoms with Crippen molar-refractivity contribution in [1.82, 2.24) is 25.3 Å². The minimum Gasteiger partial charge on any atom is -0.480 e. The standard InChI is InChI=1S/C13H19N5O/c1-4-7-14-13(10-8-15-18(2)9-10)11-5-6-12(19-3)17-16-11/h5-6,8-9,13-14H,4,7H2,1-3H3. The minimum absolute atomic E-state index is 0.00653. The maximum Gasteiger partial charge on any atom is 0.233 e. The van der Waals surface area contributed by atoms with Crippen molar-refractivity contribution in [2.45, 2.75) is 19.4 Å². The fraction of sp³-hybridized carbons (Fsp3) is 0.462. The number of methoxy groups -OCH3 is 1. The quantitative estimate of drug-likeness (QED) is 0.849. The normalized spacial score (nSPS) is 12.4. The Bertz CT molecular complexity index is 508. The van der Waals surface area contributed by atoms with E-state index in [-0.39, 0.29) is 6.04 Å². The summed E-state index contributed by atoms with van der Waals surface area (Å²) in [4.78, 5) is 0. The number of nitrogens with one attached hydrogen (secondary N) is 1. The molecule has 0 aliphatic carbocycles. The van der Waals surface area contributed by atoms with Crippen LogP contribution in [-0.2, 0) is 7.05 Å². The average Bonchev–Trinajstić information content (AvgIpc) is 2.86. The smallest absolute Gasteiger partial charge is 0.233 e. The minimum atomic E-state index is 0.00653. The van der Waals surface area contributed by atoms with Gasteiger partial charge in [0.25, 0.3) is 0 Å². The van der Waals surface area contributed by atoms with Gasteiger partial charge in [-0.25, -0.2) is 0 Å². The molecule has 0 saturated carbocycles. The van der Waals surface area contributed by atoms with Crippen LogP contribution in [0.4, 0.5) is 0 Å². The molecule has 0 radical (unpaired) electrons. The number of aryl methyl sites for hydroxylation is 1. The Balaban J connectivity index is 2.25. The van der Waals surface area contributed by atoms with Gasteiger partial charge in [-0.2, -0.15) is 5.10 Å². The van der Waals surface area contributed by atoms with Crippen molar-refractivity contribution in [2.24, 2.45) is 7.05 Å². The van der Waals surface area contributed by atoms with Crippen LogP contribution in [-0.4, -0.2) is 33.6 Å². The Morgan fingerprint density at radius 2 is 2.21 bits per heavy atom. The van der Waals surface area contributed by atoms with Gasteiger partial charge >= 0.3 is 0 Å². The molecule has 2 heterocycles. The second-order valence-electron chi connectivity index (χ2n) is 4.34. The molecule has 0 saturated heterocycles. The van der Waals surface area contributed by atoms with Crippen LogP contribution >= 0.6 is 0 Å². The van der Waals surface area contributed by atoms with Gasteiger partial charge in [0.05, 0.1) is 25.0 Å². The fourth-order valence-corrected chi connectivity index (χ4v) is 1.86. The molecule has 0 fully saturated rings. The van der Waals surface area contributed by atoms with E-state index in [1.807, 2.05) is 31.6 Å². The summed E-state index contributed by atoms with van der Waals surface area (Å²) in [6.45, 7) is 3.04. The summed E-state index contributed by atoms with van der Waals surface area (Å²) in [5, 5.41) is 15.9. The topological polar surface area (TPSA) is 64.9 Å². The van der Waals surface area contributed by atoms with E-state index in [0.717, 1.165) is 24.2 Å². The summed E-state index contributed by atoms with van der Waals surface area (Å²) in [6.07, 6.45) is 4.89. The molecule has 19 heavy (non-hydrogen) atoms. The molecule has 0 amide bonds. The lowest BCUT2D eigenvalue weighted by Crippen LogP contribution is -2.24. The van der Waals surface area contributed by atoms with Crippen molar-refractivity contribution < 1.29 is 4.74 Å². The molecule has 102 valence electrons. The van der Waals surface area contributed by atoms with Gasteiger partial charge in [0, 0.05) is 24.9 Å². The van der Waals surface area contributed by atoms with Gasteiger partial charge < -0.3 is 10.1 Å². The van der Waals surface area contributed by atoms with E-state index >= 15 is 0 Å². The molecule has 1 unspecified atom stereocenters. The summed E-state index contributed by atoms with van der Waals surface area (Å²) in [6, 6.07) is 3.75. The van der Waals surface area contributed by atoms with E-state index < -0.39 is 0 Å². The number of rotatable bonds is 6. The van der Waals surface area contributed by atoms with Crippen molar-refractivity contribution in [2.75, 3.05) is 13.7 Å². The summed E-state index contributed by atoms with van der Waals surface area (Å²) in [5.74, 6) is 0.518. The Morgan fingerprint density at radius 3 is 2.74 bits per heavy atom. The fourth-order valence-electron chi connectivity index (χ4n) is 1.86. The second kappa shape index (κ2) is 6.29. The number of nitrogens with zero attached hydrogens (tertiary/aromatic N) is 4. The molecule has 0 bridgehead atoms. The Hall–Kier alpha value is -1.95. The molecule has 1 N–H and O–H groups in total. The largest absolute Gasteiger partial charge is 0.480 e. The van der Waals surface area contributed by atoms with Crippen LogP contribution in [0.15, 0.2) is 24.5 Å². The van der Waals surface area contributed by atoms with Gasteiger partial charge in [0.15, 0.2) is 0 Å². The zero-order valence-corrected chi connectivity index (χ0v) is 11.5. The summed E-state index contributed by atoms with van der Waals surface area (Å²) in [5.41, 5.74) is 1.94. The van der Waals surface area contributed by atoms with E-state index in [2.05, 4.69) is 27.5 Å². The zero-order chi connectivity index (χ0) is 13.7. The van der Waals surface area contributed by atoms with Crippen molar-refractivity contribution in [3.05, 3.63) is 35.8 Å². The van der Waals surface area contributed by atoms with Gasteiger partial charge in [-0.05, 0) is 19.0 Å². The van der Waals surface area contributed by atoms with Gasteiger partial charge in [-0.3, -0.25) is 4.68 Å². The summed E-state index contributed by atoms with van der Waals surface area (Å²) < 4.78 is 6.81. The zero-order valence-electron chi connectivity index (χ0n) is 11.5. The first-order valence-corrected chi connectivity index (χ1v) is 6.34. The van der Waals surface area contributed by atoms with Gasteiger partial charge in [-0.15, -0.1) is 10.2 Å². The van der Waals surface area contributed by atoms with Crippen LogP contribution < -0.4 is 10.1 Å². The van der Waals surface area contributed by atoms with E-state index in [4.69, 9.17) is 4.74 Å². The lowest BCUT2D eigenvalue weighted by molar-refractivity contribution is 0.390. The maximum absolute atomic E-state index is 5.03. The number of hydrogen-bond acceptors (Lipinski definition) is 5. The number of ether oxygens (including phenoxy) is 1. The van der Waals surface area contributed by atoms with Crippen LogP contribution in [0.1, 0.15) is 30.6 Å². The van der Waals surface area contributed by atoms with Crippen LogP contribution in [0.25, 0.3) is 0 Å². The highest BCUT2D eigenvalue weighted by Crippen LogP contribution is 2.20. The molecule has 6 heteroatoms. The first-order chi connectivity index (χ1) is 9.24. The Labute approximate surface area is 112 Å². The van der Waals surface area contributed by atoms with Gasteiger partial charge in [-0.1, -0.05) is 6.92 Å². The SMILES string of the molecule is CCCNC(c1cnn(C)c1)c1ccc(OC)nn1. The van der Waals surface area contributed by atoms with E-state index in [1.54, 1.807) is 11.8 Å². The summed E-state index contributed by atoms with van der Waals surface area (Å²) >= 11 is 0. The van der Waals surface area contributed by atoms with Gasteiger partial charge in [0.2, 0.25) is 5.88 Å². The lowest BCUT2D eigenvalue weighted by atomic mass is 10.1. The number of hydrogen-bond donors (Lipinski definition) is 1. The predicted molar refractivity (Wildman–Crippen MR) is 71.9 cm³/mol. The highest BCUT2D eigenvalue weighted by molar-refractivity contribution is 5.24. The third kappa shape index (κ3) is 3.29. The third-order valence-corrected chi connectivity index (χ3v) is 2.82. The molecular formula is C13H19N5O. The molecule has 0 spiro atoms. The summed E-state index contributed by atoms with van der Waals surface area (Å²) in [7, 11) is 3.48. The maximum atomic E-state index is 5.03. The van der Waals surface area contributed by atoms with Crippen LogP contribution in [0.3, 0.4) is 0 Å². The second-order valence-corrected chi connectivity index (χ2v) is 4.34. The molecule has 6 nitrogen and oxygen atoms in total. The third-order valence-electron chi connectivity index (χ3n) is 2.82. The molecular weight excluding hydrogens is 242 g/mol. The van der Waals surface area contributed by atoms with Crippen LogP contribution in [0.2, 0.25) is 0 Å². The highest BCUT2D eigenvalue weighted by atomic mass is 16.5. The average molecular weight is 261 g/mol. The highest BCUT2D eigenvalue weighted by Gasteiger charge is 2.17. The molecule has 1 atom stereocenters. The van der Waals surface area contributed by atoms with E-state index in [9.17, 15) is 0 Å². The van der Waals surface area contributed by atoms with Crippen molar-refractivity contribution in [3.63, 3.8) is 0 Å². The predicted octanol–water partition coefficient (Wildman–Crippen LogP) is 1.31. The van der Waals surface area contributed by atoms with E-state index in [1.165, 1.54) is 0 Å². The molecule has 0 aromatic carbocycles. The van der Waals surface area contributed by atoms with Crippen molar-refractivity contribution in [3.8, 4) is 5.88 Å². The van der Waals surface area contributed by atoms with E-state index in [0.29, 0.717) is 5.88 Å². The molecule has 2 aromatic heterocycles. The molecule has 0 aliphatic rings.